The third-order valence-corrected chi connectivity index (χ3v) is 4.62. The molecular weight excluding hydrogens is 390 g/mol. The molecule has 140 valence electrons. The van der Waals surface area contributed by atoms with E-state index in [2.05, 4.69) is 25.7 Å². The second kappa shape index (κ2) is 8.65. The van der Waals surface area contributed by atoms with Crippen molar-refractivity contribution in [2.45, 2.75) is 13.5 Å². The molecule has 0 saturated heterocycles. The van der Waals surface area contributed by atoms with Crippen molar-refractivity contribution in [3.63, 3.8) is 0 Å². The second-order valence-corrected chi connectivity index (χ2v) is 6.79. The molecule has 0 amide bonds. The number of halogens is 1. The number of hydrazone groups is 1. The van der Waals surface area contributed by atoms with E-state index in [1.807, 2.05) is 18.4 Å². The molecule has 3 aromatic rings. The Hall–Kier alpha value is -2.91. The van der Waals surface area contributed by atoms with E-state index >= 15 is 0 Å². The zero-order valence-corrected chi connectivity index (χ0v) is 16.1. The summed E-state index contributed by atoms with van der Waals surface area (Å²) in [6.45, 7) is 2.31. The van der Waals surface area contributed by atoms with Crippen molar-refractivity contribution >= 4 is 34.8 Å². The minimum absolute atomic E-state index is 0.0132. The van der Waals surface area contributed by atoms with Crippen LogP contribution in [0.5, 0.6) is 11.5 Å². The maximum atomic E-state index is 11.4. The monoisotopic (exact) mass is 405 g/mol. The number of anilines is 1. The van der Waals surface area contributed by atoms with Crippen LogP contribution in [0.1, 0.15) is 16.3 Å². The third-order valence-electron chi connectivity index (χ3n) is 3.42. The molecule has 0 atom stereocenters. The highest BCUT2D eigenvalue weighted by Crippen LogP contribution is 2.28. The van der Waals surface area contributed by atoms with Crippen molar-refractivity contribution in [1.82, 2.24) is 15.2 Å². The third kappa shape index (κ3) is 4.83. The van der Waals surface area contributed by atoms with Crippen molar-refractivity contribution in [3.05, 3.63) is 61.4 Å². The lowest BCUT2D eigenvalue weighted by atomic mass is 10.2. The van der Waals surface area contributed by atoms with E-state index in [0.29, 0.717) is 23.8 Å². The number of aryl methyl sites for hydroxylation is 1. The SMILES string of the molecule is COc1cc(/C=N\Nc2cn[nH]c(=O)c2Cl)ccc1OCc1csc(C)n1. The fraction of sp³-hybridized carbons (Fsp3) is 0.176. The van der Waals surface area contributed by atoms with E-state index in [1.165, 1.54) is 6.20 Å². The number of hydrogen-bond donors (Lipinski definition) is 2. The molecule has 0 unspecified atom stereocenters. The predicted octanol–water partition coefficient (Wildman–Crippen LogP) is 3.22. The number of benzene rings is 1. The topological polar surface area (TPSA) is 101 Å². The first-order chi connectivity index (χ1) is 13.1. The van der Waals surface area contributed by atoms with E-state index in [1.54, 1.807) is 36.8 Å². The van der Waals surface area contributed by atoms with E-state index in [4.69, 9.17) is 21.1 Å². The molecule has 2 heterocycles. The summed E-state index contributed by atoms with van der Waals surface area (Å²) in [4.78, 5) is 15.7. The minimum atomic E-state index is -0.490. The van der Waals surface area contributed by atoms with Crippen LogP contribution in [-0.4, -0.2) is 28.5 Å². The van der Waals surface area contributed by atoms with E-state index in [0.717, 1.165) is 16.3 Å². The number of ether oxygens (including phenoxy) is 2. The van der Waals surface area contributed by atoms with Gasteiger partial charge in [-0.15, -0.1) is 11.3 Å². The van der Waals surface area contributed by atoms with Crippen molar-refractivity contribution in [1.29, 1.82) is 0 Å². The van der Waals surface area contributed by atoms with E-state index < -0.39 is 5.56 Å². The van der Waals surface area contributed by atoms with Gasteiger partial charge in [0.1, 0.15) is 17.3 Å². The number of H-pyrrole nitrogens is 1. The fourth-order valence-corrected chi connectivity index (χ4v) is 2.88. The normalized spacial score (nSPS) is 10.9. The lowest BCUT2D eigenvalue weighted by molar-refractivity contribution is 0.281. The van der Waals surface area contributed by atoms with E-state index in [9.17, 15) is 4.79 Å². The Kier molecular flexibility index (Phi) is 6.05. The molecular formula is C17H16ClN5O3S. The Morgan fingerprint density at radius 2 is 2.26 bits per heavy atom. The molecule has 0 aliphatic carbocycles. The number of aromatic nitrogens is 3. The van der Waals surface area contributed by atoms with Gasteiger partial charge < -0.3 is 9.47 Å². The summed E-state index contributed by atoms with van der Waals surface area (Å²) < 4.78 is 11.2. The van der Waals surface area contributed by atoms with Gasteiger partial charge in [0.25, 0.3) is 5.56 Å². The summed E-state index contributed by atoms with van der Waals surface area (Å²) in [6, 6.07) is 5.40. The molecule has 27 heavy (non-hydrogen) atoms. The average molecular weight is 406 g/mol. The fourth-order valence-electron chi connectivity index (χ4n) is 2.15. The van der Waals surface area contributed by atoms with Gasteiger partial charge in [0, 0.05) is 5.38 Å². The van der Waals surface area contributed by atoms with Gasteiger partial charge in [0.15, 0.2) is 11.5 Å². The molecule has 0 radical (unpaired) electrons. The van der Waals surface area contributed by atoms with Crippen LogP contribution in [0.4, 0.5) is 5.69 Å². The Morgan fingerprint density at radius 3 is 3.00 bits per heavy atom. The van der Waals surface area contributed by atoms with Crippen molar-refractivity contribution in [2.24, 2.45) is 5.10 Å². The predicted molar refractivity (Wildman–Crippen MR) is 105 cm³/mol. The summed E-state index contributed by atoms with van der Waals surface area (Å²) >= 11 is 7.45. The smallest absolute Gasteiger partial charge is 0.285 e. The highest BCUT2D eigenvalue weighted by molar-refractivity contribution is 7.09. The Bertz CT molecular complexity index is 1020. The molecule has 0 bridgehead atoms. The second-order valence-electron chi connectivity index (χ2n) is 5.35. The van der Waals surface area contributed by atoms with Gasteiger partial charge in [0.05, 0.1) is 30.2 Å². The summed E-state index contributed by atoms with van der Waals surface area (Å²) in [7, 11) is 1.57. The Morgan fingerprint density at radius 1 is 1.41 bits per heavy atom. The van der Waals surface area contributed by atoms with Crippen LogP contribution < -0.4 is 20.5 Å². The molecule has 8 nitrogen and oxygen atoms in total. The summed E-state index contributed by atoms with van der Waals surface area (Å²) in [5.41, 5.74) is 4.14. The first kappa shape index (κ1) is 18.9. The molecule has 0 saturated carbocycles. The summed E-state index contributed by atoms with van der Waals surface area (Å²) in [5, 5.41) is 12.9. The number of thiazole rings is 1. The zero-order valence-electron chi connectivity index (χ0n) is 14.5. The van der Waals surface area contributed by atoms with Crippen LogP contribution >= 0.6 is 22.9 Å². The van der Waals surface area contributed by atoms with Crippen LogP contribution in [0, 0.1) is 6.92 Å². The largest absolute Gasteiger partial charge is 0.493 e. The Balaban J connectivity index is 1.67. The molecule has 2 aromatic heterocycles. The molecule has 0 aliphatic heterocycles. The maximum absolute atomic E-state index is 11.4. The highest BCUT2D eigenvalue weighted by atomic mass is 35.5. The lowest BCUT2D eigenvalue weighted by Gasteiger charge is -2.10. The average Bonchev–Trinajstić information content (AvgIpc) is 3.09. The maximum Gasteiger partial charge on any atom is 0.285 e. The first-order valence-corrected chi connectivity index (χ1v) is 9.06. The highest BCUT2D eigenvalue weighted by Gasteiger charge is 2.07. The van der Waals surface area contributed by atoms with Crippen molar-refractivity contribution in [3.8, 4) is 11.5 Å². The number of methoxy groups -OCH3 is 1. The molecule has 0 aliphatic rings. The number of nitrogens with zero attached hydrogens (tertiary/aromatic N) is 3. The molecule has 0 spiro atoms. The van der Waals surface area contributed by atoms with Crippen LogP contribution in [0.2, 0.25) is 5.02 Å². The molecule has 3 rings (SSSR count). The number of nitrogens with one attached hydrogen (secondary N) is 2. The standard InChI is InChI=1S/C17H16ClN5O3S/c1-10-21-12(9-27-10)8-26-14-4-3-11(5-15(14)25-2)6-19-22-13-7-20-23-17(24)16(13)18/h3-7,9H,8H2,1-2H3,(H2,22,23,24)/b19-6-. The van der Waals surface area contributed by atoms with Crippen LogP contribution in [-0.2, 0) is 6.61 Å². The van der Waals surface area contributed by atoms with E-state index in [-0.39, 0.29) is 5.02 Å². The van der Waals surface area contributed by atoms with Gasteiger partial charge in [-0.1, -0.05) is 11.6 Å². The number of hydrogen-bond acceptors (Lipinski definition) is 8. The van der Waals surface area contributed by atoms with Gasteiger partial charge in [-0.2, -0.15) is 10.2 Å². The quantitative estimate of drug-likeness (QED) is 0.462. The lowest BCUT2D eigenvalue weighted by Crippen LogP contribution is -2.10. The first-order valence-electron chi connectivity index (χ1n) is 7.81. The van der Waals surface area contributed by atoms with Crippen molar-refractivity contribution in [2.75, 3.05) is 12.5 Å². The van der Waals surface area contributed by atoms with Crippen LogP contribution in [0.15, 0.2) is 39.7 Å². The van der Waals surface area contributed by atoms with Gasteiger partial charge in [-0.05, 0) is 30.7 Å². The summed E-state index contributed by atoms with van der Waals surface area (Å²) in [5.74, 6) is 1.18. The summed E-state index contributed by atoms with van der Waals surface area (Å²) in [6.07, 6.45) is 2.94. The minimum Gasteiger partial charge on any atom is -0.493 e. The Labute approximate surface area is 163 Å². The molecule has 10 heteroatoms. The van der Waals surface area contributed by atoms with Gasteiger partial charge in [-0.3, -0.25) is 10.2 Å². The number of rotatable bonds is 7. The van der Waals surface area contributed by atoms with Crippen LogP contribution in [0.25, 0.3) is 0 Å². The van der Waals surface area contributed by atoms with Crippen molar-refractivity contribution < 1.29 is 9.47 Å². The molecule has 2 N–H and O–H groups in total. The number of aromatic amines is 1. The zero-order chi connectivity index (χ0) is 19.2. The molecule has 1 aromatic carbocycles. The van der Waals surface area contributed by atoms with Crippen LogP contribution in [0.3, 0.4) is 0 Å². The molecule has 0 fully saturated rings. The van der Waals surface area contributed by atoms with Gasteiger partial charge in [0.2, 0.25) is 0 Å². The van der Waals surface area contributed by atoms with Gasteiger partial charge in [-0.25, -0.2) is 10.1 Å². The van der Waals surface area contributed by atoms with Gasteiger partial charge >= 0.3 is 0 Å².